The number of rotatable bonds is 6. The molecule has 1 amide bonds. The molecule has 0 aromatic heterocycles. The predicted octanol–water partition coefficient (Wildman–Crippen LogP) is 1.39. The average molecular weight is 372 g/mol. The molecule has 1 fully saturated rings. The van der Waals surface area contributed by atoms with Gasteiger partial charge < -0.3 is 5.32 Å². The summed E-state index contributed by atoms with van der Waals surface area (Å²) in [4.78, 5) is 13.5. The molecule has 0 saturated carbocycles. The molecule has 0 aliphatic carbocycles. The molecule has 0 spiro atoms. The SMILES string of the molecule is CCNC(=O)CN1CCN(S(=O)(=O)/C=C/c2ccc(Cl)cc2)CC1. The molecule has 8 heteroatoms. The number of nitrogens with zero attached hydrogens (tertiary/aromatic N) is 2. The summed E-state index contributed by atoms with van der Waals surface area (Å²) in [5.74, 6) is -0.0311. The Hall–Kier alpha value is -1.41. The molecule has 24 heavy (non-hydrogen) atoms. The summed E-state index contributed by atoms with van der Waals surface area (Å²) in [7, 11) is -3.46. The minimum absolute atomic E-state index is 0.0311. The van der Waals surface area contributed by atoms with Gasteiger partial charge >= 0.3 is 0 Å². The summed E-state index contributed by atoms with van der Waals surface area (Å²) in [5, 5.41) is 4.57. The lowest BCUT2D eigenvalue weighted by atomic mass is 10.2. The molecule has 6 nitrogen and oxygen atoms in total. The van der Waals surface area contributed by atoms with Crippen LogP contribution in [0.2, 0.25) is 5.02 Å². The van der Waals surface area contributed by atoms with Crippen LogP contribution in [0.25, 0.3) is 6.08 Å². The zero-order chi connectivity index (χ0) is 17.6. The highest BCUT2D eigenvalue weighted by atomic mass is 35.5. The van der Waals surface area contributed by atoms with Crippen LogP contribution >= 0.6 is 11.6 Å². The van der Waals surface area contributed by atoms with E-state index in [1.54, 1.807) is 30.3 Å². The normalized spacial score (nSPS) is 17.2. The molecule has 1 aromatic rings. The number of benzene rings is 1. The van der Waals surface area contributed by atoms with E-state index in [0.717, 1.165) is 5.56 Å². The van der Waals surface area contributed by atoms with Crippen LogP contribution in [-0.4, -0.2) is 62.8 Å². The molecule has 1 aliphatic heterocycles. The molecular weight excluding hydrogens is 350 g/mol. The summed E-state index contributed by atoms with van der Waals surface area (Å²) in [6.45, 7) is 4.64. The summed E-state index contributed by atoms with van der Waals surface area (Å²) in [6.07, 6.45) is 1.56. The molecule has 1 heterocycles. The lowest BCUT2D eigenvalue weighted by molar-refractivity contribution is -0.122. The number of hydrogen-bond acceptors (Lipinski definition) is 4. The van der Waals surface area contributed by atoms with Crippen molar-refractivity contribution in [3.05, 3.63) is 40.3 Å². The molecule has 1 aromatic carbocycles. The maximum atomic E-state index is 12.4. The van der Waals surface area contributed by atoms with E-state index in [1.807, 2.05) is 11.8 Å². The lowest BCUT2D eigenvalue weighted by Gasteiger charge is -2.32. The van der Waals surface area contributed by atoms with Gasteiger partial charge in [-0.2, -0.15) is 4.31 Å². The van der Waals surface area contributed by atoms with Crippen molar-refractivity contribution in [1.29, 1.82) is 0 Å². The first-order chi connectivity index (χ1) is 11.4. The van der Waals surface area contributed by atoms with Gasteiger partial charge in [-0.15, -0.1) is 0 Å². The zero-order valence-electron chi connectivity index (χ0n) is 13.6. The van der Waals surface area contributed by atoms with Crippen LogP contribution < -0.4 is 5.32 Å². The monoisotopic (exact) mass is 371 g/mol. The van der Waals surface area contributed by atoms with Crippen LogP contribution in [0.3, 0.4) is 0 Å². The van der Waals surface area contributed by atoms with Crippen molar-refractivity contribution in [2.45, 2.75) is 6.92 Å². The summed E-state index contributed by atoms with van der Waals surface area (Å²) >= 11 is 5.81. The first-order valence-electron chi connectivity index (χ1n) is 7.83. The number of amides is 1. The number of carbonyl (C=O) groups is 1. The van der Waals surface area contributed by atoms with Crippen molar-refractivity contribution in [1.82, 2.24) is 14.5 Å². The van der Waals surface area contributed by atoms with Crippen LogP contribution in [-0.2, 0) is 14.8 Å². The second-order valence-electron chi connectivity index (χ2n) is 5.53. The Morgan fingerprint density at radius 2 is 1.83 bits per heavy atom. The topological polar surface area (TPSA) is 69.7 Å². The second kappa shape index (κ2) is 8.62. The van der Waals surface area contributed by atoms with Crippen LogP contribution in [0.1, 0.15) is 12.5 Å². The van der Waals surface area contributed by atoms with Crippen LogP contribution in [0.4, 0.5) is 0 Å². The molecular formula is C16H22ClN3O3S. The smallest absolute Gasteiger partial charge is 0.236 e. The molecule has 1 N–H and O–H groups in total. The average Bonchev–Trinajstić information content (AvgIpc) is 2.55. The minimum atomic E-state index is -3.46. The van der Waals surface area contributed by atoms with E-state index in [2.05, 4.69) is 5.32 Å². The van der Waals surface area contributed by atoms with E-state index in [-0.39, 0.29) is 5.91 Å². The Balaban J connectivity index is 1.90. The molecule has 0 unspecified atom stereocenters. The highest BCUT2D eigenvalue weighted by molar-refractivity contribution is 7.92. The number of likely N-dealkylation sites (N-methyl/N-ethyl adjacent to an activating group) is 1. The van der Waals surface area contributed by atoms with E-state index < -0.39 is 10.0 Å². The fourth-order valence-corrected chi connectivity index (χ4v) is 3.72. The molecule has 0 atom stereocenters. The van der Waals surface area contributed by atoms with E-state index >= 15 is 0 Å². The first-order valence-corrected chi connectivity index (χ1v) is 9.71. The molecule has 2 rings (SSSR count). The largest absolute Gasteiger partial charge is 0.355 e. The third-order valence-electron chi connectivity index (χ3n) is 3.73. The third kappa shape index (κ3) is 5.59. The Morgan fingerprint density at radius 1 is 1.21 bits per heavy atom. The van der Waals surface area contributed by atoms with Gasteiger partial charge in [-0.1, -0.05) is 23.7 Å². The van der Waals surface area contributed by atoms with E-state index in [1.165, 1.54) is 9.71 Å². The van der Waals surface area contributed by atoms with Gasteiger partial charge in [-0.3, -0.25) is 9.69 Å². The molecule has 0 radical (unpaired) electrons. The summed E-state index contributed by atoms with van der Waals surface area (Å²) < 4.78 is 26.2. The number of sulfonamides is 1. The van der Waals surface area contributed by atoms with Gasteiger partial charge in [0, 0.05) is 43.2 Å². The highest BCUT2D eigenvalue weighted by Gasteiger charge is 2.25. The minimum Gasteiger partial charge on any atom is -0.355 e. The van der Waals surface area contributed by atoms with Gasteiger partial charge in [0.1, 0.15) is 0 Å². The Bertz CT molecular complexity index is 681. The summed E-state index contributed by atoms with van der Waals surface area (Å²) in [5.41, 5.74) is 0.776. The molecule has 0 bridgehead atoms. The lowest BCUT2D eigenvalue weighted by Crippen LogP contribution is -2.50. The van der Waals surface area contributed by atoms with E-state index in [4.69, 9.17) is 11.6 Å². The standard InChI is InChI=1S/C16H22ClN3O3S/c1-2-18-16(21)13-19-8-10-20(11-9-19)24(22,23)12-7-14-3-5-15(17)6-4-14/h3-7,12H,2,8-11,13H2,1H3,(H,18,21)/b12-7+. The first kappa shape index (κ1) is 18.9. The van der Waals surface area contributed by atoms with Gasteiger partial charge in [0.05, 0.1) is 6.54 Å². The van der Waals surface area contributed by atoms with Crippen molar-refractivity contribution >= 4 is 33.6 Å². The number of carbonyl (C=O) groups excluding carboxylic acids is 1. The van der Waals surface area contributed by atoms with Crippen LogP contribution in [0.5, 0.6) is 0 Å². The number of nitrogens with one attached hydrogen (secondary N) is 1. The maximum Gasteiger partial charge on any atom is 0.236 e. The number of halogens is 1. The van der Waals surface area contributed by atoms with Gasteiger partial charge in [-0.25, -0.2) is 8.42 Å². The fourth-order valence-electron chi connectivity index (χ4n) is 2.42. The van der Waals surface area contributed by atoms with E-state index in [0.29, 0.717) is 44.3 Å². The quantitative estimate of drug-likeness (QED) is 0.820. The second-order valence-corrected chi connectivity index (χ2v) is 7.78. The molecule has 132 valence electrons. The predicted molar refractivity (Wildman–Crippen MR) is 96.1 cm³/mol. The number of piperazine rings is 1. The van der Waals surface area contributed by atoms with Crippen molar-refractivity contribution in [3.8, 4) is 0 Å². The zero-order valence-corrected chi connectivity index (χ0v) is 15.2. The van der Waals surface area contributed by atoms with Gasteiger partial charge in [0.15, 0.2) is 0 Å². The fraction of sp³-hybridized carbons (Fsp3) is 0.438. The van der Waals surface area contributed by atoms with Crippen molar-refractivity contribution in [2.75, 3.05) is 39.3 Å². The maximum absolute atomic E-state index is 12.4. The van der Waals surface area contributed by atoms with Crippen molar-refractivity contribution in [3.63, 3.8) is 0 Å². The van der Waals surface area contributed by atoms with E-state index in [9.17, 15) is 13.2 Å². The Kier molecular flexibility index (Phi) is 6.79. The highest BCUT2D eigenvalue weighted by Crippen LogP contribution is 2.14. The van der Waals surface area contributed by atoms with Crippen LogP contribution in [0.15, 0.2) is 29.7 Å². The van der Waals surface area contributed by atoms with Gasteiger partial charge in [0.25, 0.3) is 0 Å². The third-order valence-corrected chi connectivity index (χ3v) is 5.55. The molecule has 1 aliphatic rings. The van der Waals surface area contributed by atoms with Crippen LogP contribution in [0, 0.1) is 0 Å². The Labute approximate surface area is 148 Å². The van der Waals surface area contributed by atoms with Crippen molar-refractivity contribution < 1.29 is 13.2 Å². The van der Waals surface area contributed by atoms with Gasteiger partial charge in [-0.05, 0) is 30.7 Å². The van der Waals surface area contributed by atoms with Crippen molar-refractivity contribution in [2.24, 2.45) is 0 Å². The summed E-state index contributed by atoms with van der Waals surface area (Å²) in [6, 6.07) is 6.96. The molecule has 1 saturated heterocycles. The van der Waals surface area contributed by atoms with Gasteiger partial charge in [0.2, 0.25) is 15.9 Å². The number of hydrogen-bond donors (Lipinski definition) is 1. The Morgan fingerprint density at radius 3 is 2.42 bits per heavy atom.